The quantitative estimate of drug-likeness (QED) is 0.637. The van der Waals surface area contributed by atoms with Crippen molar-refractivity contribution in [2.75, 3.05) is 18.5 Å². The zero-order valence-corrected chi connectivity index (χ0v) is 11.0. The number of hydrogen-bond donors (Lipinski definition) is 2. The van der Waals surface area contributed by atoms with Crippen LogP contribution in [0, 0.1) is 10.1 Å². The van der Waals surface area contributed by atoms with E-state index in [4.69, 9.17) is 9.84 Å². The molecule has 0 spiro atoms. The maximum Gasteiger partial charge on any atom is 0.342 e. The summed E-state index contributed by atoms with van der Waals surface area (Å²) in [4.78, 5) is 25.0. The molecule has 2 rings (SSSR count). The number of ether oxygens (including phenoxy) is 1. The highest BCUT2D eigenvalue weighted by Gasteiger charge is 2.29. The van der Waals surface area contributed by atoms with Crippen LogP contribution in [0.2, 0.25) is 0 Å². The minimum Gasteiger partial charge on any atom is -0.477 e. The molecule has 8 heteroatoms. The number of pyridine rings is 1. The van der Waals surface area contributed by atoms with Crippen LogP contribution in [0.3, 0.4) is 0 Å². The van der Waals surface area contributed by atoms with Crippen LogP contribution < -0.4 is 5.32 Å². The van der Waals surface area contributed by atoms with Gasteiger partial charge in [0.2, 0.25) is 0 Å². The number of carboxylic acid groups (broad SMARTS) is 1. The van der Waals surface area contributed by atoms with Gasteiger partial charge in [0.25, 0.3) is 0 Å². The predicted octanol–water partition coefficient (Wildman–Crippen LogP) is 1.67. The molecule has 1 aromatic rings. The van der Waals surface area contributed by atoms with Crippen molar-refractivity contribution in [3.05, 3.63) is 27.9 Å². The van der Waals surface area contributed by atoms with E-state index in [1.165, 1.54) is 6.07 Å². The standard InChI is InChI=1S/C12H15N3O5/c1-12(2-4-20-5-3-12)14-10-6-8(11(16)17)9(7-13-10)15(18)19/h6-7H,2-5H2,1H3,(H,13,14)(H,16,17). The van der Waals surface area contributed by atoms with Crippen LogP contribution in [0.1, 0.15) is 30.1 Å². The van der Waals surface area contributed by atoms with Gasteiger partial charge < -0.3 is 15.2 Å². The van der Waals surface area contributed by atoms with Gasteiger partial charge in [-0.05, 0) is 19.8 Å². The monoisotopic (exact) mass is 281 g/mol. The van der Waals surface area contributed by atoms with Gasteiger partial charge in [0.05, 0.1) is 4.92 Å². The van der Waals surface area contributed by atoms with Gasteiger partial charge in [-0.3, -0.25) is 10.1 Å². The van der Waals surface area contributed by atoms with Crippen molar-refractivity contribution in [2.45, 2.75) is 25.3 Å². The minimum atomic E-state index is -1.35. The van der Waals surface area contributed by atoms with Crippen LogP contribution >= 0.6 is 0 Å². The van der Waals surface area contributed by atoms with Crippen LogP contribution in [0.4, 0.5) is 11.5 Å². The third-order valence-corrected chi connectivity index (χ3v) is 3.34. The third-order valence-electron chi connectivity index (χ3n) is 3.34. The van der Waals surface area contributed by atoms with E-state index in [0.29, 0.717) is 19.0 Å². The Morgan fingerprint density at radius 2 is 2.20 bits per heavy atom. The lowest BCUT2D eigenvalue weighted by Crippen LogP contribution is -2.40. The van der Waals surface area contributed by atoms with E-state index in [-0.39, 0.29) is 11.1 Å². The molecule has 8 nitrogen and oxygen atoms in total. The fourth-order valence-electron chi connectivity index (χ4n) is 2.09. The number of nitrogens with one attached hydrogen (secondary N) is 1. The molecule has 0 radical (unpaired) electrons. The van der Waals surface area contributed by atoms with Crippen LogP contribution in [-0.2, 0) is 4.74 Å². The molecule has 1 saturated heterocycles. The van der Waals surface area contributed by atoms with Crippen molar-refractivity contribution in [1.82, 2.24) is 4.98 Å². The van der Waals surface area contributed by atoms with E-state index in [0.717, 1.165) is 19.0 Å². The number of carbonyl (C=O) groups is 1. The first kappa shape index (κ1) is 14.2. The fourth-order valence-corrected chi connectivity index (χ4v) is 2.09. The molecular formula is C12H15N3O5. The van der Waals surface area contributed by atoms with Crippen LogP contribution in [-0.4, -0.2) is 39.7 Å². The molecular weight excluding hydrogens is 266 g/mol. The Kier molecular flexibility index (Phi) is 3.84. The van der Waals surface area contributed by atoms with Gasteiger partial charge in [0, 0.05) is 24.8 Å². The zero-order chi connectivity index (χ0) is 14.8. The van der Waals surface area contributed by atoms with Gasteiger partial charge in [0.15, 0.2) is 0 Å². The Balaban J connectivity index is 2.27. The van der Waals surface area contributed by atoms with E-state index in [2.05, 4.69) is 10.3 Å². The number of aromatic carboxylic acids is 1. The molecule has 0 aliphatic carbocycles. The van der Waals surface area contributed by atoms with Gasteiger partial charge in [-0.1, -0.05) is 0 Å². The Hall–Kier alpha value is -2.22. The average Bonchev–Trinajstić information content (AvgIpc) is 2.38. The Bertz CT molecular complexity index is 540. The second kappa shape index (κ2) is 5.41. The minimum absolute atomic E-state index is 0.253. The number of anilines is 1. The molecule has 1 aromatic heterocycles. The highest BCUT2D eigenvalue weighted by molar-refractivity contribution is 5.93. The van der Waals surface area contributed by atoms with E-state index >= 15 is 0 Å². The molecule has 2 heterocycles. The van der Waals surface area contributed by atoms with Crippen LogP contribution in [0.5, 0.6) is 0 Å². The molecule has 0 aromatic carbocycles. The summed E-state index contributed by atoms with van der Waals surface area (Å²) in [6.45, 7) is 3.21. The van der Waals surface area contributed by atoms with Crippen molar-refractivity contribution >= 4 is 17.5 Å². The van der Waals surface area contributed by atoms with Crippen molar-refractivity contribution in [1.29, 1.82) is 0 Å². The zero-order valence-electron chi connectivity index (χ0n) is 11.0. The summed E-state index contributed by atoms with van der Waals surface area (Å²) in [5, 5.41) is 22.9. The second-order valence-corrected chi connectivity index (χ2v) is 4.95. The maximum absolute atomic E-state index is 11.1. The average molecular weight is 281 g/mol. The molecule has 0 saturated carbocycles. The molecule has 0 unspecified atom stereocenters. The topological polar surface area (TPSA) is 115 Å². The van der Waals surface area contributed by atoms with Crippen LogP contribution in [0.15, 0.2) is 12.3 Å². The number of carboxylic acids is 1. The normalized spacial score (nSPS) is 17.4. The maximum atomic E-state index is 11.1. The van der Waals surface area contributed by atoms with Crippen molar-refractivity contribution < 1.29 is 19.6 Å². The highest BCUT2D eigenvalue weighted by Crippen LogP contribution is 2.27. The van der Waals surface area contributed by atoms with Gasteiger partial charge in [-0.25, -0.2) is 9.78 Å². The summed E-state index contributed by atoms with van der Waals surface area (Å²) in [6.07, 6.45) is 2.48. The first-order chi connectivity index (χ1) is 9.41. The summed E-state index contributed by atoms with van der Waals surface area (Å²) in [5.74, 6) is -1.03. The van der Waals surface area contributed by atoms with E-state index in [9.17, 15) is 14.9 Å². The number of aromatic nitrogens is 1. The third kappa shape index (κ3) is 3.02. The summed E-state index contributed by atoms with van der Waals surface area (Å²) in [7, 11) is 0. The lowest BCUT2D eigenvalue weighted by Gasteiger charge is -2.34. The SMILES string of the molecule is CC1(Nc2cc(C(=O)O)c([N+](=O)[O-])cn2)CCOCC1. The van der Waals surface area contributed by atoms with E-state index in [1.807, 2.05) is 6.92 Å². The van der Waals surface area contributed by atoms with Crippen LogP contribution in [0.25, 0.3) is 0 Å². The van der Waals surface area contributed by atoms with Crippen molar-refractivity contribution in [2.24, 2.45) is 0 Å². The molecule has 0 atom stereocenters. The predicted molar refractivity (Wildman–Crippen MR) is 69.9 cm³/mol. The fraction of sp³-hybridized carbons (Fsp3) is 0.500. The first-order valence-corrected chi connectivity index (χ1v) is 6.15. The van der Waals surface area contributed by atoms with Gasteiger partial charge in [-0.2, -0.15) is 0 Å². The Morgan fingerprint density at radius 3 is 2.75 bits per heavy atom. The Morgan fingerprint density at radius 1 is 1.55 bits per heavy atom. The second-order valence-electron chi connectivity index (χ2n) is 4.95. The molecule has 20 heavy (non-hydrogen) atoms. The molecule has 0 amide bonds. The first-order valence-electron chi connectivity index (χ1n) is 6.15. The smallest absolute Gasteiger partial charge is 0.342 e. The summed E-state index contributed by atoms with van der Waals surface area (Å²) in [5.41, 5.74) is -1.14. The van der Waals surface area contributed by atoms with Gasteiger partial charge in [0.1, 0.15) is 17.6 Å². The number of hydrogen-bond acceptors (Lipinski definition) is 6. The molecule has 0 bridgehead atoms. The van der Waals surface area contributed by atoms with E-state index < -0.39 is 16.6 Å². The highest BCUT2D eigenvalue weighted by atomic mass is 16.6. The Labute approximate surface area is 114 Å². The molecule has 1 aliphatic rings. The number of nitro groups is 1. The molecule has 108 valence electrons. The van der Waals surface area contributed by atoms with Gasteiger partial charge >= 0.3 is 11.7 Å². The summed E-state index contributed by atoms with van der Waals surface area (Å²) < 4.78 is 5.27. The largest absolute Gasteiger partial charge is 0.477 e. The van der Waals surface area contributed by atoms with Crippen molar-refractivity contribution in [3.63, 3.8) is 0 Å². The lowest BCUT2D eigenvalue weighted by atomic mass is 9.92. The summed E-state index contributed by atoms with van der Waals surface area (Å²) >= 11 is 0. The molecule has 1 fully saturated rings. The summed E-state index contributed by atoms with van der Waals surface area (Å²) in [6, 6.07) is 1.20. The molecule has 1 aliphatic heterocycles. The van der Waals surface area contributed by atoms with Gasteiger partial charge in [-0.15, -0.1) is 0 Å². The number of nitrogens with zero attached hydrogens (tertiary/aromatic N) is 2. The molecule has 2 N–H and O–H groups in total. The number of rotatable bonds is 4. The van der Waals surface area contributed by atoms with E-state index in [1.54, 1.807) is 0 Å². The lowest BCUT2D eigenvalue weighted by molar-refractivity contribution is -0.385. The van der Waals surface area contributed by atoms with Crippen molar-refractivity contribution in [3.8, 4) is 0 Å².